The van der Waals surface area contributed by atoms with Crippen LogP contribution in [0.1, 0.15) is 31.0 Å². The van der Waals surface area contributed by atoms with Gasteiger partial charge in [0.05, 0.1) is 18.0 Å². The molecule has 0 aliphatic rings. The van der Waals surface area contributed by atoms with Crippen molar-refractivity contribution in [3.63, 3.8) is 0 Å². The Labute approximate surface area is 106 Å². The van der Waals surface area contributed by atoms with Crippen molar-refractivity contribution in [2.45, 2.75) is 26.4 Å². The number of rotatable bonds is 3. The molecule has 4 heteroatoms. The summed E-state index contributed by atoms with van der Waals surface area (Å²) in [5.74, 6) is 0.0933. The quantitative estimate of drug-likeness (QED) is 0.897. The monoisotopic (exact) mass is 246 g/mol. The molecule has 1 N–H and O–H groups in total. The van der Waals surface area contributed by atoms with E-state index in [0.29, 0.717) is 11.3 Å². The summed E-state index contributed by atoms with van der Waals surface area (Å²) in [5.41, 5.74) is 2.12. The van der Waals surface area contributed by atoms with Crippen LogP contribution in [0.2, 0.25) is 0 Å². The van der Waals surface area contributed by atoms with E-state index in [9.17, 15) is 9.90 Å². The Morgan fingerprint density at radius 3 is 2.28 bits per heavy atom. The van der Waals surface area contributed by atoms with Gasteiger partial charge in [-0.2, -0.15) is 0 Å². The number of para-hydroxylation sites is 1. The molecule has 2 aromatic rings. The predicted molar refractivity (Wildman–Crippen MR) is 71.0 cm³/mol. The minimum absolute atomic E-state index is 0.0530. The summed E-state index contributed by atoms with van der Waals surface area (Å²) < 4.78 is 3.33. The van der Waals surface area contributed by atoms with Crippen LogP contribution in [0.3, 0.4) is 0 Å². The van der Waals surface area contributed by atoms with Gasteiger partial charge in [0.15, 0.2) is 0 Å². The van der Waals surface area contributed by atoms with Crippen molar-refractivity contribution in [3.05, 3.63) is 51.9 Å². The van der Waals surface area contributed by atoms with E-state index in [0.717, 1.165) is 5.69 Å². The fourth-order valence-corrected chi connectivity index (χ4v) is 2.30. The Balaban J connectivity index is 2.74. The highest BCUT2D eigenvalue weighted by Crippen LogP contribution is 2.18. The molecule has 0 spiro atoms. The van der Waals surface area contributed by atoms with E-state index in [2.05, 4.69) is 0 Å². The SMILES string of the molecule is CC(C)c1c(CO)n(C)n(-c2ccccc2)c1=O. The Morgan fingerprint density at radius 2 is 1.83 bits per heavy atom. The zero-order valence-corrected chi connectivity index (χ0v) is 10.9. The number of nitrogens with zero attached hydrogens (tertiary/aromatic N) is 2. The molecule has 18 heavy (non-hydrogen) atoms. The second kappa shape index (κ2) is 4.82. The van der Waals surface area contributed by atoms with Crippen molar-refractivity contribution in [1.29, 1.82) is 0 Å². The molecule has 0 radical (unpaired) electrons. The first-order chi connectivity index (χ1) is 8.57. The summed E-state index contributed by atoms with van der Waals surface area (Å²) in [6, 6.07) is 9.46. The van der Waals surface area contributed by atoms with Crippen LogP contribution in [-0.4, -0.2) is 14.5 Å². The number of hydrogen-bond donors (Lipinski definition) is 1. The molecule has 1 aromatic heterocycles. The fourth-order valence-electron chi connectivity index (χ4n) is 2.30. The van der Waals surface area contributed by atoms with E-state index in [4.69, 9.17) is 0 Å². The van der Waals surface area contributed by atoms with E-state index < -0.39 is 0 Å². The van der Waals surface area contributed by atoms with Gasteiger partial charge in [0.2, 0.25) is 0 Å². The molecule has 0 fully saturated rings. The lowest BCUT2D eigenvalue weighted by atomic mass is 10.0. The van der Waals surface area contributed by atoms with Crippen molar-refractivity contribution in [2.75, 3.05) is 0 Å². The standard InChI is InChI=1S/C14H18N2O2/c1-10(2)13-12(9-17)15(3)16(14(13)18)11-7-5-4-6-8-11/h4-8,10,17H,9H2,1-3H3. The molecule has 2 rings (SSSR count). The van der Waals surface area contributed by atoms with E-state index in [-0.39, 0.29) is 18.1 Å². The number of aliphatic hydroxyl groups is 1. The Bertz CT molecular complexity index is 594. The Hall–Kier alpha value is -1.81. The number of benzene rings is 1. The lowest BCUT2D eigenvalue weighted by Gasteiger charge is -2.08. The smallest absolute Gasteiger partial charge is 0.275 e. The van der Waals surface area contributed by atoms with Crippen LogP contribution >= 0.6 is 0 Å². The average Bonchev–Trinajstić information content (AvgIpc) is 2.61. The van der Waals surface area contributed by atoms with Crippen molar-refractivity contribution in [1.82, 2.24) is 9.36 Å². The molecule has 0 unspecified atom stereocenters. The molecule has 0 saturated carbocycles. The average molecular weight is 246 g/mol. The minimum Gasteiger partial charge on any atom is -0.390 e. The second-order valence-electron chi connectivity index (χ2n) is 4.65. The topological polar surface area (TPSA) is 47.2 Å². The first kappa shape index (κ1) is 12.6. The van der Waals surface area contributed by atoms with Gasteiger partial charge in [-0.15, -0.1) is 0 Å². The molecule has 0 atom stereocenters. The Kier molecular flexibility index (Phi) is 3.39. The third kappa shape index (κ3) is 1.88. The first-order valence-corrected chi connectivity index (χ1v) is 6.05. The van der Waals surface area contributed by atoms with Gasteiger partial charge in [0.25, 0.3) is 5.56 Å². The van der Waals surface area contributed by atoms with Gasteiger partial charge < -0.3 is 5.11 Å². The number of hydrogen-bond acceptors (Lipinski definition) is 2. The van der Waals surface area contributed by atoms with Crippen molar-refractivity contribution < 1.29 is 5.11 Å². The predicted octanol–water partition coefficient (Wildman–Crippen LogP) is 1.79. The molecular formula is C14H18N2O2. The number of aliphatic hydroxyl groups excluding tert-OH is 1. The summed E-state index contributed by atoms with van der Waals surface area (Å²) in [6.45, 7) is 3.80. The maximum Gasteiger partial charge on any atom is 0.275 e. The van der Waals surface area contributed by atoms with Crippen molar-refractivity contribution >= 4 is 0 Å². The zero-order chi connectivity index (χ0) is 13.3. The van der Waals surface area contributed by atoms with E-state index in [1.807, 2.05) is 44.2 Å². The molecule has 4 nitrogen and oxygen atoms in total. The molecule has 0 aliphatic heterocycles. The largest absolute Gasteiger partial charge is 0.390 e. The lowest BCUT2D eigenvalue weighted by molar-refractivity contribution is 0.267. The third-order valence-corrected chi connectivity index (χ3v) is 3.15. The van der Waals surface area contributed by atoms with E-state index >= 15 is 0 Å². The molecule has 0 aliphatic carbocycles. The maximum absolute atomic E-state index is 12.4. The van der Waals surface area contributed by atoms with Crippen molar-refractivity contribution in [2.24, 2.45) is 7.05 Å². The normalized spacial score (nSPS) is 11.2. The van der Waals surface area contributed by atoms with Gasteiger partial charge in [-0.1, -0.05) is 32.0 Å². The van der Waals surface area contributed by atoms with Crippen LogP contribution in [0.4, 0.5) is 0 Å². The van der Waals surface area contributed by atoms with Gasteiger partial charge in [0.1, 0.15) is 0 Å². The second-order valence-corrected chi connectivity index (χ2v) is 4.65. The molecule has 96 valence electrons. The highest BCUT2D eigenvalue weighted by molar-refractivity contribution is 5.34. The van der Waals surface area contributed by atoms with Crippen LogP contribution in [-0.2, 0) is 13.7 Å². The van der Waals surface area contributed by atoms with E-state index in [1.54, 1.807) is 16.4 Å². The van der Waals surface area contributed by atoms with Crippen molar-refractivity contribution in [3.8, 4) is 5.69 Å². The van der Waals surface area contributed by atoms with Gasteiger partial charge in [-0.25, -0.2) is 4.68 Å². The molecule has 0 saturated heterocycles. The van der Waals surface area contributed by atoms with E-state index in [1.165, 1.54) is 0 Å². The maximum atomic E-state index is 12.4. The summed E-state index contributed by atoms with van der Waals surface area (Å²) in [7, 11) is 1.80. The zero-order valence-electron chi connectivity index (χ0n) is 10.9. The van der Waals surface area contributed by atoms with Crippen LogP contribution in [0.15, 0.2) is 35.1 Å². The highest BCUT2D eigenvalue weighted by Gasteiger charge is 2.20. The van der Waals surface area contributed by atoms with Crippen LogP contribution < -0.4 is 5.56 Å². The molecular weight excluding hydrogens is 228 g/mol. The van der Waals surface area contributed by atoms with Gasteiger partial charge in [-0.05, 0) is 18.1 Å². The number of aromatic nitrogens is 2. The lowest BCUT2D eigenvalue weighted by Crippen LogP contribution is -2.21. The fraction of sp³-hybridized carbons (Fsp3) is 0.357. The van der Waals surface area contributed by atoms with Crippen LogP contribution in [0.5, 0.6) is 0 Å². The molecule has 1 heterocycles. The summed E-state index contributed by atoms with van der Waals surface area (Å²) in [4.78, 5) is 12.4. The molecule has 0 bridgehead atoms. The Morgan fingerprint density at radius 1 is 1.22 bits per heavy atom. The van der Waals surface area contributed by atoms with Crippen LogP contribution in [0.25, 0.3) is 5.69 Å². The first-order valence-electron chi connectivity index (χ1n) is 6.05. The van der Waals surface area contributed by atoms with Gasteiger partial charge in [-0.3, -0.25) is 9.48 Å². The summed E-state index contributed by atoms with van der Waals surface area (Å²) >= 11 is 0. The highest BCUT2D eigenvalue weighted by atomic mass is 16.3. The summed E-state index contributed by atoms with van der Waals surface area (Å²) in [5, 5.41) is 9.46. The third-order valence-electron chi connectivity index (χ3n) is 3.15. The van der Waals surface area contributed by atoms with Gasteiger partial charge in [0, 0.05) is 12.6 Å². The van der Waals surface area contributed by atoms with Crippen LogP contribution in [0, 0.1) is 0 Å². The van der Waals surface area contributed by atoms with Gasteiger partial charge >= 0.3 is 0 Å². The minimum atomic E-state index is -0.126. The molecule has 1 aromatic carbocycles. The molecule has 0 amide bonds. The summed E-state index contributed by atoms with van der Waals surface area (Å²) in [6.07, 6.45) is 0.